The highest BCUT2D eigenvalue weighted by atomic mass is 14.6. The summed E-state index contributed by atoms with van der Waals surface area (Å²) in [6.45, 7) is 17.4. The van der Waals surface area contributed by atoms with E-state index in [4.69, 9.17) is 0 Å². The molecule has 0 heterocycles. The van der Waals surface area contributed by atoms with Crippen molar-refractivity contribution in [3.05, 3.63) is 64.4 Å². The first-order valence-corrected chi connectivity index (χ1v) is 20.8. The molecule has 4 aliphatic carbocycles. The highest BCUT2D eigenvalue weighted by Gasteiger charge is 2.59. The Morgan fingerprint density at radius 3 is 2.40 bits per heavy atom. The number of allylic oxidation sites excluding steroid dienone is 2. The van der Waals surface area contributed by atoms with Gasteiger partial charge in [-0.2, -0.15) is 0 Å². The van der Waals surface area contributed by atoms with Gasteiger partial charge >= 0.3 is 0 Å². The van der Waals surface area contributed by atoms with Crippen molar-refractivity contribution >= 4 is 27.6 Å². The molecule has 3 fully saturated rings. The summed E-state index contributed by atoms with van der Waals surface area (Å²) >= 11 is 0. The number of fused-ring (bicyclic) bond motifs is 5. The molecule has 0 aliphatic heterocycles. The molecule has 0 radical (unpaired) electrons. The summed E-state index contributed by atoms with van der Waals surface area (Å²) in [7, 11) is 0. The van der Waals surface area contributed by atoms with Gasteiger partial charge in [0.05, 0.1) is 0 Å². The van der Waals surface area contributed by atoms with Crippen LogP contribution in [-0.2, 0) is 12.8 Å². The minimum absolute atomic E-state index is 0.489. The molecule has 0 spiro atoms. The molecule has 0 saturated heterocycles. The van der Waals surface area contributed by atoms with E-state index >= 15 is 0 Å². The average Bonchev–Trinajstić information content (AvgIpc) is 3.44. The molecule has 0 heteroatoms. The molecular weight excluding hydrogens is 577 g/mol. The van der Waals surface area contributed by atoms with Crippen LogP contribution in [0.4, 0.5) is 0 Å². The van der Waals surface area contributed by atoms with Crippen molar-refractivity contribution in [3.8, 4) is 0 Å². The summed E-state index contributed by atoms with van der Waals surface area (Å²) in [5, 5.41) is 7.29. The Morgan fingerprint density at radius 2 is 1.62 bits per heavy atom. The molecule has 0 nitrogen and oxygen atoms in total. The van der Waals surface area contributed by atoms with Crippen LogP contribution in [0.1, 0.15) is 149 Å². The third-order valence-electron chi connectivity index (χ3n) is 15.5. The van der Waals surface area contributed by atoms with E-state index < -0.39 is 0 Å². The molecule has 4 aliphatic rings. The van der Waals surface area contributed by atoms with Gasteiger partial charge in [0.2, 0.25) is 0 Å². The van der Waals surface area contributed by atoms with Gasteiger partial charge < -0.3 is 0 Å². The number of rotatable bonds is 11. The lowest BCUT2D eigenvalue weighted by molar-refractivity contribution is -0.0529. The Labute approximate surface area is 294 Å². The molecule has 8 unspecified atom stereocenters. The van der Waals surface area contributed by atoms with Crippen LogP contribution in [0.2, 0.25) is 0 Å². The maximum Gasteiger partial charge on any atom is -0.00274 e. The number of benzene rings is 3. The molecule has 260 valence electrons. The van der Waals surface area contributed by atoms with Crippen LogP contribution in [0.5, 0.6) is 0 Å². The van der Waals surface area contributed by atoms with Gasteiger partial charge in [-0.3, -0.25) is 0 Å². The Hall–Kier alpha value is -2.08. The second kappa shape index (κ2) is 13.9. The van der Waals surface area contributed by atoms with Crippen molar-refractivity contribution in [2.24, 2.45) is 52.3 Å². The standard InChI is InChI=1S/C48H68/c1-8-35-17-19-38-20-18-37(40-23-21-36(9-2)45(35)46(38)40)16-11-10-15-34-27-29-47(6)39(31-34)22-24-41-43-26-25-42(33(5)14-12-13-32(3)4)48(43,7)30-28-44(41)47/h9,17-23,32-34,41-44H,8,10-16,24-31H2,1-7H3/b36-9+. The zero-order valence-electron chi connectivity index (χ0n) is 32.0. The van der Waals surface area contributed by atoms with Crippen molar-refractivity contribution in [1.29, 1.82) is 0 Å². The van der Waals surface area contributed by atoms with Gasteiger partial charge in [-0.25, -0.2) is 0 Å². The normalized spacial score (nSPS) is 32.8. The van der Waals surface area contributed by atoms with Crippen molar-refractivity contribution in [2.45, 2.75) is 151 Å². The van der Waals surface area contributed by atoms with Crippen molar-refractivity contribution < 1.29 is 0 Å². The predicted octanol–water partition coefficient (Wildman–Crippen LogP) is 13.4. The summed E-state index contributed by atoms with van der Waals surface area (Å²) in [6, 6.07) is 14.3. The van der Waals surface area contributed by atoms with E-state index in [2.05, 4.69) is 97.0 Å². The molecule has 3 aromatic carbocycles. The van der Waals surface area contributed by atoms with Crippen LogP contribution in [0.15, 0.2) is 48.0 Å². The van der Waals surface area contributed by atoms with Gasteiger partial charge in [0, 0.05) is 0 Å². The van der Waals surface area contributed by atoms with Crippen LogP contribution >= 0.6 is 0 Å². The highest BCUT2D eigenvalue weighted by Crippen LogP contribution is 2.67. The average molecular weight is 645 g/mol. The first kappa shape index (κ1) is 34.4. The summed E-state index contributed by atoms with van der Waals surface area (Å²) in [5.41, 5.74) is 6.03. The van der Waals surface area contributed by atoms with Gasteiger partial charge in [0.15, 0.2) is 0 Å². The van der Waals surface area contributed by atoms with Gasteiger partial charge in [-0.15, -0.1) is 0 Å². The predicted molar refractivity (Wildman–Crippen MR) is 210 cm³/mol. The largest absolute Gasteiger partial charge is 0.0845 e. The number of hydrogen-bond donors (Lipinski definition) is 0. The fourth-order valence-electron chi connectivity index (χ4n) is 12.8. The van der Waals surface area contributed by atoms with Crippen LogP contribution in [-0.4, -0.2) is 0 Å². The lowest BCUT2D eigenvalue weighted by atomic mass is 9.46. The van der Waals surface area contributed by atoms with Crippen LogP contribution in [0, 0.1) is 52.3 Å². The quantitative estimate of drug-likeness (QED) is 0.144. The van der Waals surface area contributed by atoms with E-state index in [9.17, 15) is 0 Å². The third kappa shape index (κ3) is 6.02. The van der Waals surface area contributed by atoms with Crippen molar-refractivity contribution in [1.82, 2.24) is 0 Å². The van der Waals surface area contributed by atoms with Crippen LogP contribution in [0.3, 0.4) is 0 Å². The van der Waals surface area contributed by atoms with Gasteiger partial charge in [-0.1, -0.05) is 128 Å². The van der Waals surface area contributed by atoms with E-state index in [1.807, 2.05) is 5.57 Å². The molecule has 0 bridgehead atoms. The van der Waals surface area contributed by atoms with Crippen LogP contribution in [0.25, 0.3) is 27.6 Å². The first-order valence-electron chi connectivity index (χ1n) is 20.8. The molecule has 0 aromatic heterocycles. The second-order valence-electron chi connectivity index (χ2n) is 18.4. The lowest BCUT2D eigenvalue weighted by Crippen LogP contribution is -2.50. The summed E-state index contributed by atoms with van der Waals surface area (Å²) in [4.78, 5) is 0. The monoisotopic (exact) mass is 645 g/mol. The number of hydrogen-bond acceptors (Lipinski definition) is 0. The molecule has 3 aromatic rings. The summed E-state index contributed by atoms with van der Waals surface area (Å²) < 4.78 is 0. The van der Waals surface area contributed by atoms with E-state index in [1.165, 1.54) is 129 Å². The third-order valence-corrected chi connectivity index (χ3v) is 15.5. The van der Waals surface area contributed by atoms with Crippen molar-refractivity contribution in [3.63, 3.8) is 0 Å². The van der Waals surface area contributed by atoms with Gasteiger partial charge in [0.25, 0.3) is 0 Å². The topological polar surface area (TPSA) is 0 Å². The zero-order chi connectivity index (χ0) is 33.6. The van der Waals surface area contributed by atoms with Crippen LogP contribution < -0.4 is 5.22 Å². The second-order valence-corrected chi connectivity index (χ2v) is 18.4. The smallest absolute Gasteiger partial charge is 0.00274 e. The summed E-state index contributed by atoms with van der Waals surface area (Å²) in [5.74, 6) is 6.52. The Bertz CT molecular complexity index is 1670. The Kier molecular flexibility index (Phi) is 9.96. The zero-order valence-corrected chi connectivity index (χ0v) is 32.0. The number of unbranched alkanes of at least 4 members (excludes halogenated alkanes) is 1. The summed E-state index contributed by atoms with van der Waals surface area (Å²) in [6.07, 6.45) is 27.6. The maximum atomic E-state index is 2.83. The minimum Gasteiger partial charge on any atom is -0.0845 e. The van der Waals surface area contributed by atoms with Gasteiger partial charge in [0.1, 0.15) is 0 Å². The minimum atomic E-state index is 0.489. The highest BCUT2D eigenvalue weighted by molar-refractivity contribution is 6.12. The molecule has 0 amide bonds. The molecule has 7 rings (SSSR count). The van der Waals surface area contributed by atoms with E-state index in [0.29, 0.717) is 10.8 Å². The van der Waals surface area contributed by atoms with E-state index in [0.717, 1.165) is 47.8 Å². The lowest BCUT2D eigenvalue weighted by Gasteiger charge is -2.58. The molecule has 48 heavy (non-hydrogen) atoms. The molecule has 0 N–H and O–H groups in total. The molecular formula is C48H68. The molecule has 3 saturated carbocycles. The maximum absolute atomic E-state index is 2.83. The first-order chi connectivity index (χ1) is 23.2. The SMILES string of the molecule is C/C=c1\ccc2c(CCCCC3CCC4(C)C(=CCC5C4CCC4(C)C(C(C)CCCC(C)C)CCC54)C3)ccc3ccc(CC)c1c32. The fourth-order valence-corrected chi connectivity index (χ4v) is 12.8. The van der Waals surface area contributed by atoms with E-state index in [1.54, 1.807) is 5.56 Å². The van der Waals surface area contributed by atoms with Gasteiger partial charge in [-0.05, 0) is 168 Å². The molecule has 8 atom stereocenters. The number of aryl methyl sites for hydroxylation is 2. The van der Waals surface area contributed by atoms with Crippen molar-refractivity contribution in [2.75, 3.05) is 0 Å². The Morgan fingerprint density at radius 1 is 0.812 bits per heavy atom. The Balaban J connectivity index is 0.970. The fraction of sp³-hybridized carbons (Fsp3) is 0.667. The van der Waals surface area contributed by atoms with E-state index in [-0.39, 0.29) is 0 Å².